The molecule has 1 heterocycles. The average molecular weight is 332 g/mol. The summed E-state index contributed by atoms with van der Waals surface area (Å²) in [7, 11) is -1.47. The molecule has 1 saturated heterocycles. The van der Waals surface area contributed by atoms with Gasteiger partial charge in [0.2, 0.25) is 10.0 Å². The maximum absolute atomic E-state index is 12.3. The number of sulfonamides is 1. The van der Waals surface area contributed by atoms with Gasteiger partial charge in [-0.25, -0.2) is 13.1 Å². The smallest absolute Gasteiger partial charge is 0.240 e. The summed E-state index contributed by atoms with van der Waals surface area (Å²) in [6, 6.07) is 4.37. The van der Waals surface area contributed by atoms with E-state index in [-0.39, 0.29) is 15.3 Å². The van der Waals surface area contributed by atoms with Crippen molar-refractivity contribution in [2.75, 3.05) is 32.4 Å². The topological polar surface area (TPSA) is 75.4 Å². The van der Waals surface area contributed by atoms with Crippen molar-refractivity contribution in [1.82, 2.24) is 9.62 Å². The van der Waals surface area contributed by atoms with Gasteiger partial charge in [-0.15, -0.1) is 0 Å². The fraction of sp³-hybridized carbons (Fsp3) is 0.571. The van der Waals surface area contributed by atoms with E-state index < -0.39 is 10.0 Å². The van der Waals surface area contributed by atoms with Crippen LogP contribution in [0.4, 0.5) is 5.69 Å². The van der Waals surface area contributed by atoms with Gasteiger partial charge in [0.25, 0.3) is 0 Å². The minimum atomic E-state index is -3.55. The molecule has 0 atom stereocenters. The van der Waals surface area contributed by atoms with E-state index in [0.29, 0.717) is 12.2 Å². The number of rotatable bonds is 4. The molecule has 1 aliphatic rings. The number of likely N-dealkylation sites (tertiary alicyclic amines) is 1. The zero-order chi connectivity index (χ0) is 15.7. The highest BCUT2D eigenvalue weighted by molar-refractivity contribution is 7.89. The third kappa shape index (κ3) is 4.10. The van der Waals surface area contributed by atoms with Crippen LogP contribution in [0.25, 0.3) is 0 Å². The van der Waals surface area contributed by atoms with Crippen LogP contribution >= 0.6 is 11.6 Å². The molecule has 3 N–H and O–H groups in total. The Kier molecular flexibility index (Phi) is 4.82. The molecule has 118 valence electrons. The summed E-state index contributed by atoms with van der Waals surface area (Å²) < 4.78 is 27.3. The Morgan fingerprint density at radius 1 is 1.38 bits per heavy atom. The Labute approximate surface area is 131 Å². The molecule has 7 heteroatoms. The number of nitrogen functional groups attached to an aromatic ring is 1. The molecule has 0 aliphatic carbocycles. The molecule has 2 rings (SSSR count). The Bertz CT molecular complexity index is 611. The number of hydrogen-bond donors (Lipinski definition) is 2. The van der Waals surface area contributed by atoms with Crippen LogP contribution in [0.2, 0.25) is 5.02 Å². The van der Waals surface area contributed by atoms with Gasteiger partial charge in [0.15, 0.2) is 0 Å². The molecule has 0 bridgehead atoms. The second kappa shape index (κ2) is 6.12. The number of nitrogens with zero attached hydrogens (tertiary/aromatic N) is 1. The lowest BCUT2D eigenvalue weighted by Gasteiger charge is -2.37. The van der Waals surface area contributed by atoms with Crippen LogP contribution in [0.5, 0.6) is 0 Å². The Balaban J connectivity index is 2.06. The standard InChI is InChI=1S/C14H22ClN3O2S/c1-14(5-7-18(2)8-6-14)10-17-21(19,20)11-3-4-13(16)12(15)9-11/h3-4,9,17H,5-8,10,16H2,1-2H3. The van der Waals surface area contributed by atoms with Crippen molar-refractivity contribution in [3.63, 3.8) is 0 Å². The summed E-state index contributed by atoms with van der Waals surface area (Å²) in [4.78, 5) is 2.41. The predicted molar refractivity (Wildman–Crippen MR) is 85.9 cm³/mol. The lowest BCUT2D eigenvalue weighted by molar-refractivity contribution is 0.143. The number of halogens is 1. The van der Waals surface area contributed by atoms with Crippen molar-refractivity contribution in [2.24, 2.45) is 5.41 Å². The summed E-state index contributed by atoms with van der Waals surface area (Å²) in [5.41, 5.74) is 5.98. The maximum Gasteiger partial charge on any atom is 0.240 e. The largest absolute Gasteiger partial charge is 0.398 e. The third-order valence-corrected chi connectivity index (χ3v) is 5.89. The average Bonchev–Trinajstić information content (AvgIpc) is 2.43. The molecule has 1 aromatic rings. The quantitative estimate of drug-likeness (QED) is 0.827. The van der Waals surface area contributed by atoms with Crippen LogP contribution in [0.15, 0.2) is 23.1 Å². The van der Waals surface area contributed by atoms with Gasteiger partial charge < -0.3 is 10.6 Å². The number of nitrogens with one attached hydrogen (secondary N) is 1. The Morgan fingerprint density at radius 2 is 2.00 bits per heavy atom. The highest BCUT2D eigenvalue weighted by Crippen LogP contribution is 2.30. The summed E-state index contributed by atoms with van der Waals surface area (Å²) in [6.45, 7) is 4.54. The molecule has 0 aromatic heterocycles. The van der Waals surface area contributed by atoms with Crippen molar-refractivity contribution in [2.45, 2.75) is 24.7 Å². The summed E-state index contributed by atoms with van der Waals surface area (Å²) >= 11 is 5.89. The Hall–Kier alpha value is -0.820. The lowest BCUT2D eigenvalue weighted by atomic mass is 9.81. The van der Waals surface area contributed by atoms with Crippen molar-refractivity contribution in [3.05, 3.63) is 23.2 Å². The second-order valence-corrected chi connectivity index (χ2v) is 8.30. The molecule has 21 heavy (non-hydrogen) atoms. The molecule has 5 nitrogen and oxygen atoms in total. The van der Waals surface area contributed by atoms with E-state index in [0.717, 1.165) is 25.9 Å². The van der Waals surface area contributed by atoms with E-state index in [2.05, 4.69) is 23.6 Å². The maximum atomic E-state index is 12.3. The molecule has 0 unspecified atom stereocenters. The van der Waals surface area contributed by atoms with Crippen LogP contribution in [-0.4, -0.2) is 40.0 Å². The zero-order valence-electron chi connectivity index (χ0n) is 12.4. The Morgan fingerprint density at radius 3 is 2.57 bits per heavy atom. The number of anilines is 1. The molecule has 1 fully saturated rings. The van der Waals surface area contributed by atoms with Crippen LogP contribution in [0, 0.1) is 5.41 Å². The summed E-state index contributed by atoms with van der Waals surface area (Å²) in [6.07, 6.45) is 1.96. The monoisotopic (exact) mass is 331 g/mol. The summed E-state index contributed by atoms with van der Waals surface area (Å²) in [5.74, 6) is 0. The van der Waals surface area contributed by atoms with E-state index in [1.54, 1.807) is 0 Å². The molecule has 1 aliphatic heterocycles. The van der Waals surface area contributed by atoms with E-state index in [1.165, 1.54) is 18.2 Å². The van der Waals surface area contributed by atoms with E-state index >= 15 is 0 Å². The number of hydrogen-bond acceptors (Lipinski definition) is 4. The molecular formula is C14H22ClN3O2S. The number of nitrogens with two attached hydrogens (primary N) is 1. The van der Waals surface area contributed by atoms with Gasteiger partial charge in [-0.05, 0) is 56.6 Å². The van der Waals surface area contributed by atoms with Gasteiger partial charge in [0.05, 0.1) is 15.6 Å². The number of benzene rings is 1. The van der Waals surface area contributed by atoms with Gasteiger partial charge in [-0.3, -0.25) is 0 Å². The minimum absolute atomic E-state index is 0.00279. The summed E-state index contributed by atoms with van der Waals surface area (Å²) in [5, 5.41) is 0.253. The van der Waals surface area contributed by atoms with E-state index in [1.807, 2.05) is 0 Å². The van der Waals surface area contributed by atoms with Crippen molar-refractivity contribution in [3.8, 4) is 0 Å². The first kappa shape index (κ1) is 16.5. The van der Waals surface area contributed by atoms with Crippen LogP contribution < -0.4 is 10.5 Å². The van der Waals surface area contributed by atoms with Crippen LogP contribution in [0.3, 0.4) is 0 Å². The normalized spacial score (nSPS) is 19.6. The first-order chi connectivity index (χ1) is 9.72. The van der Waals surface area contributed by atoms with Gasteiger partial charge in [-0.2, -0.15) is 0 Å². The van der Waals surface area contributed by atoms with E-state index in [9.17, 15) is 8.42 Å². The van der Waals surface area contributed by atoms with Gasteiger partial charge in [-0.1, -0.05) is 18.5 Å². The zero-order valence-corrected chi connectivity index (χ0v) is 14.0. The highest BCUT2D eigenvalue weighted by atomic mass is 35.5. The van der Waals surface area contributed by atoms with Gasteiger partial charge in [0.1, 0.15) is 0 Å². The SMILES string of the molecule is CN1CCC(C)(CNS(=O)(=O)c2ccc(N)c(Cl)c2)CC1. The number of piperidine rings is 1. The van der Waals surface area contributed by atoms with E-state index in [4.69, 9.17) is 17.3 Å². The lowest BCUT2D eigenvalue weighted by Crippen LogP contribution is -2.43. The van der Waals surface area contributed by atoms with Gasteiger partial charge >= 0.3 is 0 Å². The van der Waals surface area contributed by atoms with Gasteiger partial charge in [0, 0.05) is 6.54 Å². The van der Waals surface area contributed by atoms with Crippen LogP contribution in [0.1, 0.15) is 19.8 Å². The van der Waals surface area contributed by atoms with Crippen LogP contribution in [-0.2, 0) is 10.0 Å². The molecule has 0 radical (unpaired) electrons. The highest BCUT2D eigenvalue weighted by Gasteiger charge is 2.30. The first-order valence-corrected chi connectivity index (χ1v) is 8.81. The molecule has 0 spiro atoms. The van der Waals surface area contributed by atoms with Crippen molar-refractivity contribution in [1.29, 1.82) is 0 Å². The second-order valence-electron chi connectivity index (χ2n) is 6.12. The van der Waals surface area contributed by atoms with Crippen molar-refractivity contribution < 1.29 is 8.42 Å². The molecule has 0 amide bonds. The third-order valence-electron chi connectivity index (χ3n) is 4.17. The van der Waals surface area contributed by atoms with Crippen molar-refractivity contribution >= 4 is 27.3 Å². The molecule has 0 saturated carbocycles. The first-order valence-electron chi connectivity index (χ1n) is 6.95. The fourth-order valence-electron chi connectivity index (χ4n) is 2.36. The molecular weight excluding hydrogens is 310 g/mol. The molecule has 1 aromatic carbocycles. The predicted octanol–water partition coefficient (Wildman–Crippen LogP) is 1.93. The minimum Gasteiger partial charge on any atom is -0.398 e. The fourth-order valence-corrected chi connectivity index (χ4v) is 3.83.